The van der Waals surface area contributed by atoms with Crippen molar-refractivity contribution in [3.8, 4) is 0 Å². The van der Waals surface area contributed by atoms with Gasteiger partial charge in [0.05, 0.1) is 6.10 Å². The van der Waals surface area contributed by atoms with E-state index in [0.29, 0.717) is 5.69 Å². The maximum atomic E-state index is 12.8. The van der Waals surface area contributed by atoms with Crippen molar-refractivity contribution in [3.05, 3.63) is 59.9 Å². The van der Waals surface area contributed by atoms with E-state index in [0.717, 1.165) is 10.5 Å². The van der Waals surface area contributed by atoms with Gasteiger partial charge >= 0.3 is 6.03 Å². The summed E-state index contributed by atoms with van der Waals surface area (Å²) in [6, 6.07) is 12.5. The van der Waals surface area contributed by atoms with Gasteiger partial charge in [0.15, 0.2) is 0 Å². The van der Waals surface area contributed by atoms with Crippen molar-refractivity contribution in [2.45, 2.75) is 11.0 Å². The summed E-state index contributed by atoms with van der Waals surface area (Å²) < 4.78 is 12.8. The fourth-order valence-electron chi connectivity index (χ4n) is 1.84. The number of amides is 2. The molecule has 22 heavy (non-hydrogen) atoms. The van der Waals surface area contributed by atoms with Crippen LogP contribution in [-0.2, 0) is 0 Å². The lowest BCUT2D eigenvalue weighted by Gasteiger charge is -2.13. The monoisotopic (exact) mass is 320 g/mol. The van der Waals surface area contributed by atoms with Crippen LogP contribution in [0.5, 0.6) is 0 Å². The summed E-state index contributed by atoms with van der Waals surface area (Å²) in [5, 5.41) is 15.2. The molecule has 0 aromatic heterocycles. The van der Waals surface area contributed by atoms with E-state index in [1.54, 1.807) is 11.8 Å². The highest BCUT2D eigenvalue weighted by Crippen LogP contribution is 2.18. The molecule has 0 saturated carbocycles. The molecule has 116 valence electrons. The standard InChI is InChI=1S/C16H17FN2O2S/c1-22-14-8-2-11(3-9-14)15(20)10-18-16(21)19-13-6-4-12(17)5-7-13/h2-9,15,20H,10H2,1H3,(H2,18,19,21)/t15-/m0/s1. The first-order chi connectivity index (χ1) is 10.6. The summed E-state index contributed by atoms with van der Waals surface area (Å²) in [5.74, 6) is -0.366. The van der Waals surface area contributed by atoms with Gasteiger partial charge in [-0.2, -0.15) is 0 Å². The summed E-state index contributed by atoms with van der Waals surface area (Å²) in [6.45, 7) is 0.0889. The lowest BCUT2D eigenvalue weighted by molar-refractivity contribution is 0.175. The van der Waals surface area contributed by atoms with Gasteiger partial charge in [0, 0.05) is 17.1 Å². The molecule has 0 spiro atoms. The number of hydrogen-bond donors (Lipinski definition) is 3. The number of halogens is 1. The topological polar surface area (TPSA) is 61.4 Å². The quantitative estimate of drug-likeness (QED) is 0.740. The van der Waals surface area contributed by atoms with Crippen LogP contribution in [0.25, 0.3) is 0 Å². The largest absolute Gasteiger partial charge is 0.387 e. The maximum absolute atomic E-state index is 12.8. The Bertz CT molecular complexity index is 617. The lowest BCUT2D eigenvalue weighted by Crippen LogP contribution is -2.32. The molecule has 6 heteroatoms. The van der Waals surface area contributed by atoms with Gasteiger partial charge in [-0.05, 0) is 48.2 Å². The molecular formula is C16H17FN2O2S. The normalized spacial score (nSPS) is 11.8. The van der Waals surface area contributed by atoms with Crippen LogP contribution in [0.3, 0.4) is 0 Å². The number of anilines is 1. The number of carbonyl (C=O) groups excluding carboxylic acids is 1. The third kappa shape index (κ3) is 4.75. The number of carbonyl (C=O) groups is 1. The summed E-state index contributed by atoms with van der Waals surface area (Å²) in [5.41, 5.74) is 1.22. The second-order valence-electron chi connectivity index (χ2n) is 4.63. The fourth-order valence-corrected chi connectivity index (χ4v) is 2.25. The molecule has 0 aliphatic heterocycles. The van der Waals surface area contributed by atoms with Crippen molar-refractivity contribution < 1.29 is 14.3 Å². The molecule has 0 radical (unpaired) electrons. The van der Waals surface area contributed by atoms with E-state index >= 15 is 0 Å². The summed E-state index contributed by atoms with van der Waals surface area (Å²) in [7, 11) is 0. The van der Waals surface area contributed by atoms with E-state index in [4.69, 9.17) is 0 Å². The van der Waals surface area contributed by atoms with Crippen LogP contribution in [0.1, 0.15) is 11.7 Å². The molecule has 4 nitrogen and oxygen atoms in total. The highest BCUT2D eigenvalue weighted by molar-refractivity contribution is 7.98. The number of hydrogen-bond acceptors (Lipinski definition) is 3. The fraction of sp³-hybridized carbons (Fsp3) is 0.188. The average molecular weight is 320 g/mol. The van der Waals surface area contributed by atoms with E-state index in [2.05, 4.69) is 10.6 Å². The Hall–Kier alpha value is -2.05. The summed E-state index contributed by atoms with van der Waals surface area (Å²) in [4.78, 5) is 12.8. The van der Waals surface area contributed by atoms with Crippen LogP contribution in [0.2, 0.25) is 0 Å². The van der Waals surface area contributed by atoms with E-state index < -0.39 is 12.1 Å². The highest BCUT2D eigenvalue weighted by Gasteiger charge is 2.09. The van der Waals surface area contributed by atoms with E-state index in [1.807, 2.05) is 30.5 Å². The molecule has 2 amide bonds. The van der Waals surface area contributed by atoms with Crippen molar-refractivity contribution in [2.24, 2.45) is 0 Å². The minimum absolute atomic E-state index is 0.0889. The van der Waals surface area contributed by atoms with Gasteiger partial charge < -0.3 is 15.7 Å². The Kier molecular flexibility index (Phi) is 5.80. The molecule has 0 unspecified atom stereocenters. The van der Waals surface area contributed by atoms with Crippen molar-refractivity contribution in [2.75, 3.05) is 18.1 Å². The zero-order valence-electron chi connectivity index (χ0n) is 12.0. The smallest absolute Gasteiger partial charge is 0.319 e. The Morgan fingerprint density at radius 2 is 1.82 bits per heavy atom. The molecule has 1 atom stereocenters. The Morgan fingerprint density at radius 3 is 2.41 bits per heavy atom. The summed E-state index contributed by atoms with van der Waals surface area (Å²) in [6.07, 6.45) is 1.20. The van der Waals surface area contributed by atoms with Gasteiger partial charge in [-0.1, -0.05) is 12.1 Å². The number of urea groups is 1. The first-order valence-corrected chi connectivity index (χ1v) is 7.93. The number of rotatable bonds is 5. The van der Waals surface area contributed by atoms with Crippen molar-refractivity contribution >= 4 is 23.5 Å². The van der Waals surface area contributed by atoms with Gasteiger partial charge in [0.1, 0.15) is 5.82 Å². The van der Waals surface area contributed by atoms with Gasteiger partial charge in [-0.3, -0.25) is 0 Å². The Balaban J connectivity index is 1.83. The number of benzene rings is 2. The first kappa shape index (κ1) is 16.3. The molecule has 0 fully saturated rings. The van der Waals surface area contributed by atoms with Crippen LogP contribution < -0.4 is 10.6 Å². The van der Waals surface area contributed by atoms with Crippen LogP contribution in [-0.4, -0.2) is 23.9 Å². The Morgan fingerprint density at radius 1 is 1.18 bits per heavy atom. The highest BCUT2D eigenvalue weighted by atomic mass is 32.2. The third-order valence-corrected chi connectivity index (χ3v) is 3.80. The molecule has 2 rings (SSSR count). The van der Waals surface area contributed by atoms with Crippen molar-refractivity contribution in [1.82, 2.24) is 5.32 Å². The average Bonchev–Trinajstić information content (AvgIpc) is 2.55. The molecule has 0 heterocycles. The first-order valence-electron chi connectivity index (χ1n) is 6.71. The zero-order valence-corrected chi connectivity index (χ0v) is 12.9. The zero-order chi connectivity index (χ0) is 15.9. The molecule has 0 aliphatic rings. The number of aliphatic hydroxyl groups is 1. The molecule has 0 aliphatic carbocycles. The summed E-state index contributed by atoms with van der Waals surface area (Å²) >= 11 is 1.62. The number of nitrogens with one attached hydrogen (secondary N) is 2. The van der Waals surface area contributed by atoms with Gasteiger partial charge in [-0.15, -0.1) is 11.8 Å². The molecule has 2 aromatic rings. The van der Waals surface area contributed by atoms with Crippen LogP contribution >= 0.6 is 11.8 Å². The maximum Gasteiger partial charge on any atom is 0.319 e. The molecule has 0 saturated heterocycles. The van der Waals surface area contributed by atoms with Crippen LogP contribution in [0, 0.1) is 5.82 Å². The number of aliphatic hydroxyl groups excluding tert-OH is 1. The number of thioether (sulfide) groups is 1. The second-order valence-corrected chi connectivity index (χ2v) is 5.51. The lowest BCUT2D eigenvalue weighted by atomic mass is 10.1. The van der Waals surface area contributed by atoms with E-state index in [9.17, 15) is 14.3 Å². The molecular weight excluding hydrogens is 303 g/mol. The molecule has 0 bridgehead atoms. The van der Waals surface area contributed by atoms with Crippen molar-refractivity contribution in [3.63, 3.8) is 0 Å². The van der Waals surface area contributed by atoms with Crippen LogP contribution in [0.4, 0.5) is 14.9 Å². The van der Waals surface area contributed by atoms with Crippen LogP contribution in [0.15, 0.2) is 53.4 Å². The van der Waals surface area contributed by atoms with E-state index in [-0.39, 0.29) is 12.4 Å². The molecule has 2 aromatic carbocycles. The SMILES string of the molecule is CSc1ccc([C@@H](O)CNC(=O)Nc2ccc(F)cc2)cc1. The predicted molar refractivity (Wildman–Crippen MR) is 86.6 cm³/mol. The van der Waals surface area contributed by atoms with Crippen molar-refractivity contribution in [1.29, 1.82) is 0 Å². The third-order valence-electron chi connectivity index (χ3n) is 3.06. The van der Waals surface area contributed by atoms with Gasteiger partial charge in [0.25, 0.3) is 0 Å². The predicted octanol–water partition coefficient (Wildman–Crippen LogP) is 3.40. The minimum atomic E-state index is -0.783. The Labute approximate surface area is 132 Å². The van der Waals surface area contributed by atoms with Gasteiger partial charge in [-0.25, -0.2) is 9.18 Å². The van der Waals surface area contributed by atoms with E-state index in [1.165, 1.54) is 24.3 Å². The second kappa shape index (κ2) is 7.82. The molecule has 3 N–H and O–H groups in total. The minimum Gasteiger partial charge on any atom is -0.387 e. The van der Waals surface area contributed by atoms with Gasteiger partial charge in [0.2, 0.25) is 0 Å².